The fraction of sp³-hybridized carbons (Fsp3) is 0.235. The van der Waals surface area contributed by atoms with Crippen molar-refractivity contribution >= 4 is 22.9 Å². The molecule has 0 aliphatic carbocycles. The Balaban J connectivity index is 1.51. The monoisotopic (exact) mass is 361 g/mol. The van der Waals surface area contributed by atoms with E-state index in [1.165, 1.54) is 11.0 Å². The number of carbonyl (C=O) groups excluding carboxylic acids is 1. The van der Waals surface area contributed by atoms with Crippen molar-refractivity contribution in [2.75, 3.05) is 11.4 Å². The van der Waals surface area contributed by atoms with Gasteiger partial charge in [0.15, 0.2) is 5.82 Å². The van der Waals surface area contributed by atoms with Gasteiger partial charge in [0.25, 0.3) is 0 Å². The molecule has 1 aliphatic heterocycles. The predicted molar refractivity (Wildman–Crippen MR) is 87.5 cm³/mol. The number of benzene rings is 1. The minimum absolute atomic E-state index is 0.0659. The maximum atomic E-state index is 13.9. The molecular formula is C17H13F2N3O2S. The van der Waals surface area contributed by atoms with Crippen LogP contribution in [-0.4, -0.2) is 22.6 Å². The van der Waals surface area contributed by atoms with Crippen LogP contribution in [0.15, 0.2) is 40.2 Å². The van der Waals surface area contributed by atoms with Gasteiger partial charge in [-0.05, 0) is 23.6 Å². The van der Waals surface area contributed by atoms with Gasteiger partial charge in [0.1, 0.15) is 11.6 Å². The molecular weight excluding hydrogens is 348 g/mol. The Hall–Kier alpha value is -2.61. The number of halogens is 2. The third-order valence-corrected chi connectivity index (χ3v) is 4.96. The Morgan fingerprint density at radius 1 is 1.32 bits per heavy atom. The van der Waals surface area contributed by atoms with Crippen molar-refractivity contribution in [2.45, 2.75) is 18.8 Å². The molecule has 1 atom stereocenters. The lowest BCUT2D eigenvalue weighted by molar-refractivity contribution is -0.117. The van der Waals surface area contributed by atoms with Crippen molar-refractivity contribution in [1.29, 1.82) is 0 Å². The van der Waals surface area contributed by atoms with Gasteiger partial charge in [-0.25, -0.2) is 8.78 Å². The largest absolute Gasteiger partial charge is 0.339 e. The predicted octanol–water partition coefficient (Wildman–Crippen LogP) is 3.52. The topological polar surface area (TPSA) is 59.2 Å². The lowest BCUT2D eigenvalue weighted by Gasteiger charge is -2.16. The number of thiophene rings is 1. The standard InChI is InChI=1S/C17H13F2N3O2S/c18-11-3-4-14(13(19)7-11)22-9-10(6-16(22)23)17-20-15(24-21-17)8-12-2-1-5-25-12/h1-5,7,10H,6,8-9H2. The van der Waals surface area contributed by atoms with Crippen molar-refractivity contribution < 1.29 is 18.1 Å². The summed E-state index contributed by atoms with van der Waals surface area (Å²) >= 11 is 1.60. The van der Waals surface area contributed by atoms with Crippen molar-refractivity contribution in [1.82, 2.24) is 10.1 Å². The van der Waals surface area contributed by atoms with Crippen molar-refractivity contribution in [2.24, 2.45) is 0 Å². The molecule has 2 aromatic heterocycles. The Bertz CT molecular complexity index is 911. The summed E-state index contributed by atoms with van der Waals surface area (Å²) in [6.45, 7) is 0.235. The van der Waals surface area contributed by atoms with E-state index in [1.54, 1.807) is 11.3 Å². The first kappa shape index (κ1) is 15.9. The Kier molecular flexibility index (Phi) is 4.04. The zero-order valence-electron chi connectivity index (χ0n) is 13.0. The molecule has 1 amide bonds. The number of rotatable bonds is 4. The van der Waals surface area contributed by atoms with Crippen molar-refractivity contribution in [3.63, 3.8) is 0 Å². The summed E-state index contributed by atoms with van der Waals surface area (Å²) in [6.07, 6.45) is 0.705. The van der Waals surface area contributed by atoms with Gasteiger partial charge >= 0.3 is 0 Å². The number of anilines is 1. The highest BCUT2D eigenvalue weighted by Gasteiger charge is 2.35. The second kappa shape index (κ2) is 6.36. The van der Waals surface area contributed by atoms with Gasteiger partial charge in [-0.2, -0.15) is 4.98 Å². The Morgan fingerprint density at radius 3 is 2.96 bits per heavy atom. The van der Waals surface area contributed by atoms with Crippen LogP contribution in [0, 0.1) is 11.6 Å². The van der Waals surface area contributed by atoms with E-state index in [2.05, 4.69) is 10.1 Å². The third-order valence-electron chi connectivity index (χ3n) is 4.08. The van der Waals surface area contributed by atoms with Gasteiger partial charge < -0.3 is 9.42 Å². The molecule has 25 heavy (non-hydrogen) atoms. The van der Waals surface area contributed by atoms with Crippen LogP contribution in [0.4, 0.5) is 14.5 Å². The number of amides is 1. The maximum absolute atomic E-state index is 13.9. The summed E-state index contributed by atoms with van der Waals surface area (Å²) in [5, 5.41) is 5.93. The smallest absolute Gasteiger partial charge is 0.231 e. The summed E-state index contributed by atoms with van der Waals surface area (Å²) in [6, 6.07) is 7.09. The third kappa shape index (κ3) is 3.17. The van der Waals surface area contributed by atoms with Gasteiger partial charge in [-0.3, -0.25) is 4.79 Å². The van der Waals surface area contributed by atoms with Gasteiger partial charge in [0.05, 0.1) is 12.1 Å². The zero-order chi connectivity index (χ0) is 17.4. The number of hydrogen-bond acceptors (Lipinski definition) is 5. The van der Waals surface area contributed by atoms with Crippen molar-refractivity contribution in [3.05, 3.63) is 63.9 Å². The summed E-state index contributed by atoms with van der Waals surface area (Å²) < 4.78 is 32.3. The highest BCUT2D eigenvalue weighted by atomic mass is 32.1. The van der Waals surface area contributed by atoms with E-state index in [0.29, 0.717) is 18.1 Å². The molecule has 0 N–H and O–H groups in total. The first-order valence-corrected chi connectivity index (χ1v) is 8.58. The van der Waals surface area contributed by atoms with Crippen molar-refractivity contribution in [3.8, 4) is 0 Å². The van der Waals surface area contributed by atoms with Crippen LogP contribution in [0.2, 0.25) is 0 Å². The van der Waals surface area contributed by atoms with Gasteiger partial charge in [-0.1, -0.05) is 11.2 Å². The number of aromatic nitrogens is 2. The van der Waals surface area contributed by atoms with E-state index in [-0.39, 0.29) is 30.5 Å². The van der Waals surface area contributed by atoms with Crippen LogP contribution in [0.25, 0.3) is 0 Å². The quantitative estimate of drug-likeness (QED) is 0.713. The molecule has 1 unspecified atom stereocenters. The SMILES string of the molecule is O=C1CC(c2noc(Cc3cccs3)n2)CN1c1ccc(F)cc1F. The summed E-state index contributed by atoms with van der Waals surface area (Å²) in [5.74, 6) is -1.06. The van der Waals surface area contributed by atoms with Gasteiger partial charge in [-0.15, -0.1) is 11.3 Å². The molecule has 0 saturated carbocycles. The highest BCUT2D eigenvalue weighted by Crippen LogP contribution is 2.32. The van der Waals surface area contributed by atoms with E-state index < -0.39 is 11.6 Å². The average molecular weight is 361 g/mol. The van der Waals surface area contributed by atoms with Gasteiger partial charge in [0, 0.05) is 29.8 Å². The fourth-order valence-corrected chi connectivity index (χ4v) is 3.58. The van der Waals surface area contributed by atoms with Crippen LogP contribution >= 0.6 is 11.3 Å². The first-order chi connectivity index (χ1) is 12.1. The van der Waals surface area contributed by atoms with E-state index >= 15 is 0 Å². The Labute approximate surface area is 145 Å². The summed E-state index contributed by atoms with van der Waals surface area (Å²) in [4.78, 5) is 19.0. The summed E-state index contributed by atoms with van der Waals surface area (Å²) in [5.41, 5.74) is 0.0659. The maximum Gasteiger partial charge on any atom is 0.231 e. The molecule has 5 nitrogen and oxygen atoms in total. The van der Waals surface area contributed by atoms with E-state index in [0.717, 1.165) is 17.0 Å². The Morgan fingerprint density at radius 2 is 2.20 bits per heavy atom. The van der Waals surface area contributed by atoms with Gasteiger partial charge in [0.2, 0.25) is 11.8 Å². The molecule has 1 saturated heterocycles. The summed E-state index contributed by atoms with van der Waals surface area (Å²) in [7, 11) is 0. The lowest BCUT2D eigenvalue weighted by Crippen LogP contribution is -2.25. The molecule has 128 valence electrons. The second-order valence-electron chi connectivity index (χ2n) is 5.80. The van der Waals surface area contributed by atoms with Crippen LogP contribution in [0.5, 0.6) is 0 Å². The second-order valence-corrected chi connectivity index (χ2v) is 6.84. The average Bonchev–Trinajstić information content (AvgIpc) is 3.30. The van der Waals surface area contributed by atoms with E-state index in [9.17, 15) is 13.6 Å². The minimum Gasteiger partial charge on any atom is -0.339 e. The molecule has 4 rings (SSSR count). The number of nitrogens with zero attached hydrogens (tertiary/aromatic N) is 3. The first-order valence-electron chi connectivity index (χ1n) is 7.70. The normalized spacial score (nSPS) is 17.4. The minimum atomic E-state index is -0.763. The van der Waals surface area contributed by atoms with Crippen LogP contribution in [0.1, 0.15) is 28.9 Å². The molecule has 3 heterocycles. The van der Waals surface area contributed by atoms with E-state index in [1.807, 2.05) is 17.5 Å². The molecule has 0 spiro atoms. The number of hydrogen-bond donors (Lipinski definition) is 0. The van der Waals surface area contributed by atoms with Crippen LogP contribution in [0.3, 0.4) is 0 Å². The molecule has 8 heteroatoms. The highest BCUT2D eigenvalue weighted by molar-refractivity contribution is 7.09. The molecule has 1 aliphatic rings. The molecule has 1 aromatic carbocycles. The zero-order valence-corrected chi connectivity index (χ0v) is 13.8. The molecule has 1 fully saturated rings. The number of carbonyl (C=O) groups is 1. The van der Waals surface area contributed by atoms with Crippen LogP contribution < -0.4 is 4.90 Å². The molecule has 0 radical (unpaired) electrons. The lowest BCUT2D eigenvalue weighted by atomic mass is 10.1. The van der Waals surface area contributed by atoms with E-state index in [4.69, 9.17) is 4.52 Å². The molecule has 0 bridgehead atoms. The van der Waals surface area contributed by atoms with Crippen LogP contribution in [-0.2, 0) is 11.2 Å². The fourth-order valence-electron chi connectivity index (χ4n) is 2.88. The molecule has 3 aromatic rings.